The Morgan fingerprint density at radius 1 is 1.14 bits per heavy atom. The first-order valence-corrected chi connectivity index (χ1v) is 12.6. The van der Waals surface area contributed by atoms with Crippen LogP contribution in [0.4, 0.5) is 4.39 Å². The molecule has 3 rings (SSSR count). The maximum Gasteiger partial charge on any atom is 0.123 e. The minimum absolute atomic E-state index is 0.0433. The van der Waals surface area contributed by atoms with E-state index in [1.807, 2.05) is 12.1 Å². The molecule has 4 heteroatoms. The number of rotatable bonds is 4. The van der Waals surface area contributed by atoms with E-state index in [0.717, 1.165) is 41.8 Å². The molecule has 2 nitrogen and oxygen atoms in total. The Balaban J connectivity index is 2.14. The van der Waals surface area contributed by atoms with E-state index in [1.165, 1.54) is 5.56 Å². The SMILES string of the molecule is CC(C)c1cc(-c2ccc(F)cc2)c2c(n1)CCCC2OS(C)(C)C(C)(C)C. The largest absolute Gasteiger partial charge is 0.329 e. The van der Waals surface area contributed by atoms with Crippen LogP contribution in [0.5, 0.6) is 0 Å². The van der Waals surface area contributed by atoms with Crippen LogP contribution in [0.2, 0.25) is 0 Å². The normalized spacial score (nSPS) is 18.2. The van der Waals surface area contributed by atoms with Gasteiger partial charge in [-0.05, 0) is 67.0 Å². The molecule has 1 aromatic carbocycles. The molecule has 2 aromatic rings. The highest BCUT2D eigenvalue weighted by Gasteiger charge is 2.35. The highest BCUT2D eigenvalue weighted by Crippen LogP contribution is 2.58. The molecule has 0 radical (unpaired) electrons. The molecule has 0 N–H and O–H groups in total. The third-order valence-electron chi connectivity index (χ3n) is 5.94. The van der Waals surface area contributed by atoms with E-state index in [4.69, 9.17) is 9.17 Å². The Morgan fingerprint density at radius 3 is 2.36 bits per heavy atom. The van der Waals surface area contributed by atoms with Gasteiger partial charge in [0.05, 0.1) is 6.10 Å². The molecule has 1 aliphatic rings. The number of nitrogens with zero attached hydrogens (tertiary/aromatic N) is 1. The number of aromatic nitrogens is 1. The predicted molar refractivity (Wildman–Crippen MR) is 120 cm³/mol. The number of benzene rings is 1. The Labute approximate surface area is 171 Å². The van der Waals surface area contributed by atoms with Crippen molar-refractivity contribution in [2.24, 2.45) is 0 Å². The standard InChI is InChI=1S/C24H34FNOS/c1-16(2)21-15-19(17-11-13-18(25)14-12-17)23-20(26-21)9-8-10-22(23)27-28(6,7)24(3,4)5/h11-16,22H,8-10H2,1-7H3. The van der Waals surface area contributed by atoms with Crippen molar-refractivity contribution in [1.29, 1.82) is 0 Å². The van der Waals surface area contributed by atoms with Gasteiger partial charge in [0.1, 0.15) is 5.82 Å². The minimum Gasteiger partial charge on any atom is -0.329 e. The van der Waals surface area contributed by atoms with Crippen molar-refractivity contribution in [3.63, 3.8) is 0 Å². The summed E-state index contributed by atoms with van der Waals surface area (Å²) in [4.78, 5) is 5.01. The van der Waals surface area contributed by atoms with Gasteiger partial charge in [-0.3, -0.25) is 4.98 Å². The molecule has 28 heavy (non-hydrogen) atoms. The van der Waals surface area contributed by atoms with Crippen molar-refractivity contribution < 1.29 is 8.57 Å². The minimum atomic E-state index is -1.26. The molecule has 0 bridgehead atoms. The van der Waals surface area contributed by atoms with E-state index in [-0.39, 0.29) is 16.7 Å². The molecule has 1 heterocycles. The summed E-state index contributed by atoms with van der Waals surface area (Å²) in [5, 5.41) is 0. The zero-order chi connectivity index (χ0) is 20.7. The summed E-state index contributed by atoms with van der Waals surface area (Å²) in [6.45, 7) is 11.1. The van der Waals surface area contributed by atoms with Crippen molar-refractivity contribution in [2.45, 2.75) is 70.7 Å². The van der Waals surface area contributed by atoms with Gasteiger partial charge in [-0.1, -0.05) is 46.8 Å². The van der Waals surface area contributed by atoms with Crippen molar-refractivity contribution in [3.8, 4) is 11.1 Å². The van der Waals surface area contributed by atoms with Crippen LogP contribution in [-0.2, 0) is 10.6 Å². The van der Waals surface area contributed by atoms with Crippen LogP contribution in [0.1, 0.15) is 76.4 Å². The van der Waals surface area contributed by atoms with Crippen molar-refractivity contribution in [2.75, 3.05) is 12.5 Å². The Morgan fingerprint density at radius 2 is 1.79 bits per heavy atom. The molecule has 0 fully saturated rings. The molecule has 1 atom stereocenters. The average Bonchev–Trinajstić information content (AvgIpc) is 2.60. The fraction of sp³-hybridized carbons (Fsp3) is 0.542. The zero-order valence-electron chi connectivity index (χ0n) is 18.3. The van der Waals surface area contributed by atoms with Gasteiger partial charge in [0.15, 0.2) is 0 Å². The summed E-state index contributed by atoms with van der Waals surface area (Å²) in [5.41, 5.74) is 5.67. The van der Waals surface area contributed by atoms with Gasteiger partial charge < -0.3 is 4.18 Å². The van der Waals surface area contributed by atoms with Crippen LogP contribution in [0.15, 0.2) is 30.3 Å². The molecule has 1 aliphatic carbocycles. The molecule has 1 aromatic heterocycles. The van der Waals surface area contributed by atoms with Gasteiger partial charge in [0.25, 0.3) is 0 Å². The molecule has 0 amide bonds. The first kappa shape index (κ1) is 21.3. The molecule has 0 saturated heterocycles. The molecule has 1 unspecified atom stereocenters. The lowest BCUT2D eigenvalue weighted by Gasteiger charge is -2.47. The predicted octanol–water partition coefficient (Wildman–Crippen LogP) is 7.18. The van der Waals surface area contributed by atoms with Gasteiger partial charge in [0.2, 0.25) is 0 Å². The topological polar surface area (TPSA) is 22.1 Å². The number of hydrogen-bond donors (Lipinski definition) is 0. The average molecular weight is 404 g/mol. The third kappa shape index (κ3) is 4.28. The van der Waals surface area contributed by atoms with Crippen LogP contribution in [0.3, 0.4) is 0 Å². The summed E-state index contributed by atoms with van der Waals surface area (Å²) in [5.74, 6) is 0.143. The van der Waals surface area contributed by atoms with Gasteiger partial charge in [0, 0.05) is 21.7 Å². The number of fused-ring (bicyclic) bond motifs is 1. The second kappa shape index (κ2) is 7.79. The number of pyridine rings is 1. The summed E-state index contributed by atoms with van der Waals surface area (Å²) in [6, 6.07) is 9.03. The molecule has 0 saturated carbocycles. The van der Waals surface area contributed by atoms with Crippen LogP contribution >= 0.6 is 10.3 Å². The lowest BCUT2D eigenvalue weighted by Crippen LogP contribution is -2.28. The molecule has 0 spiro atoms. The van der Waals surface area contributed by atoms with Crippen molar-refractivity contribution >= 4 is 10.3 Å². The summed E-state index contributed by atoms with van der Waals surface area (Å²) in [6.07, 6.45) is 7.64. The smallest absolute Gasteiger partial charge is 0.123 e. The van der Waals surface area contributed by atoms with E-state index in [0.29, 0.717) is 5.92 Å². The monoisotopic (exact) mass is 403 g/mol. The van der Waals surface area contributed by atoms with Crippen molar-refractivity contribution in [1.82, 2.24) is 4.98 Å². The lowest BCUT2D eigenvalue weighted by atomic mass is 9.86. The maximum atomic E-state index is 13.5. The molecule has 0 aliphatic heterocycles. The van der Waals surface area contributed by atoms with Crippen LogP contribution in [0, 0.1) is 5.82 Å². The summed E-state index contributed by atoms with van der Waals surface area (Å²) < 4.78 is 20.5. The lowest BCUT2D eigenvalue weighted by molar-refractivity contribution is 0.205. The number of hydrogen-bond acceptors (Lipinski definition) is 2. The third-order valence-corrected chi connectivity index (χ3v) is 9.60. The molecule has 154 valence electrons. The van der Waals surface area contributed by atoms with Gasteiger partial charge in [-0.2, -0.15) is 0 Å². The summed E-state index contributed by atoms with van der Waals surface area (Å²) in [7, 11) is -1.26. The van der Waals surface area contributed by atoms with Crippen molar-refractivity contribution in [3.05, 3.63) is 53.1 Å². The van der Waals surface area contributed by atoms with Gasteiger partial charge in [-0.25, -0.2) is 4.39 Å². The maximum absolute atomic E-state index is 13.5. The van der Waals surface area contributed by atoms with Gasteiger partial charge >= 0.3 is 0 Å². The van der Waals surface area contributed by atoms with Gasteiger partial charge in [-0.15, -0.1) is 10.3 Å². The van der Waals surface area contributed by atoms with Crippen LogP contribution < -0.4 is 0 Å². The van der Waals surface area contributed by atoms with E-state index in [1.54, 1.807) is 12.1 Å². The highest BCUT2D eigenvalue weighted by atomic mass is 32.3. The fourth-order valence-electron chi connectivity index (χ4n) is 3.47. The quantitative estimate of drug-likeness (QED) is 0.539. The summed E-state index contributed by atoms with van der Waals surface area (Å²) >= 11 is 0. The van der Waals surface area contributed by atoms with E-state index < -0.39 is 10.3 Å². The number of halogens is 1. The first-order valence-electron chi connectivity index (χ1n) is 10.2. The molecular formula is C24H34FNOS. The highest BCUT2D eigenvalue weighted by molar-refractivity contribution is 8.29. The van der Waals surface area contributed by atoms with E-state index in [2.05, 4.69) is 53.2 Å². The first-order chi connectivity index (χ1) is 13.0. The van der Waals surface area contributed by atoms with Crippen LogP contribution in [-0.4, -0.2) is 22.2 Å². The molecular weight excluding hydrogens is 369 g/mol. The van der Waals surface area contributed by atoms with E-state index in [9.17, 15) is 4.39 Å². The van der Waals surface area contributed by atoms with Crippen LogP contribution in [0.25, 0.3) is 11.1 Å². The fourth-order valence-corrected chi connectivity index (χ4v) is 4.54. The Kier molecular flexibility index (Phi) is 5.94. The number of aryl methyl sites for hydroxylation is 1. The Bertz CT molecular complexity index is 837. The Hall–Kier alpha value is -1.39. The zero-order valence-corrected chi connectivity index (χ0v) is 19.1. The van der Waals surface area contributed by atoms with E-state index >= 15 is 0 Å². The second-order valence-electron chi connectivity index (χ2n) is 9.44. The second-order valence-corrected chi connectivity index (χ2v) is 13.3.